The Labute approximate surface area is 113 Å². The van der Waals surface area contributed by atoms with Crippen LogP contribution < -0.4 is 0 Å². The summed E-state index contributed by atoms with van der Waals surface area (Å²) in [6.07, 6.45) is 7.74. The van der Waals surface area contributed by atoms with Crippen LogP contribution in [0.2, 0.25) is 0 Å². The van der Waals surface area contributed by atoms with Gasteiger partial charge in [0.1, 0.15) is 0 Å². The molecule has 3 rings (SSSR count). The Morgan fingerprint density at radius 3 is 2.83 bits per heavy atom. The van der Waals surface area contributed by atoms with Gasteiger partial charge in [0.15, 0.2) is 0 Å². The summed E-state index contributed by atoms with van der Waals surface area (Å²) in [6, 6.07) is 2.58. The van der Waals surface area contributed by atoms with Crippen LogP contribution in [-0.4, -0.2) is 23.4 Å². The van der Waals surface area contributed by atoms with Crippen LogP contribution in [0.15, 0.2) is 11.4 Å². The van der Waals surface area contributed by atoms with Gasteiger partial charge in [0.05, 0.1) is 4.88 Å². The first-order chi connectivity index (χ1) is 8.77. The normalized spacial score (nSPS) is 27.9. The minimum absolute atomic E-state index is 0.291. The Hall–Kier alpha value is -0.830. The lowest BCUT2D eigenvalue weighted by atomic mass is 9.78. The van der Waals surface area contributed by atoms with E-state index in [0.717, 1.165) is 22.9 Å². The summed E-state index contributed by atoms with van der Waals surface area (Å²) in [5.41, 5.74) is 1.14. The van der Waals surface area contributed by atoms with E-state index in [9.17, 15) is 4.79 Å². The molecule has 2 atom stereocenters. The summed E-state index contributed by atoms with van der Waals surface area (Å²) in [5.74, 6) is 1.07. The number of nitrogens with zero attached hydrogens (tertiary/aromatic N) is 1. The number of piperidine rings is 1. The van der Waals surface area contributed by atoms with Crippen LogP contribution in [0.5, 0.6) is 0 Å². The molecule has 2 fully saturated rings. The van der Waals surface area contributed by atoms with Crippen LogP contribution in [-0.2, 0) is 0 Å². The molecule has 2 unspecified atom stereocenters. The topological polar surface area (TPSA) is 20.3 Å². The molecule has 0 spiro atoms. The predicted octanol–water partition coefficient (Wildman–Crippen LogP) is 3.85. The Bertz CT molecular complexity index is 437. The summed E-state index contributed by atoms with van der Waals surface area (Å²) in [5, 5.41) is 2.03. The van der Waals surface area contributed by atoms with E-state index in [1.807, 2.05) is 12.3 Å². The van der Waals surface area contributed by atoms with Crippen molar-refractivity contribution in [2.75, 3.05) is 6.54 Å². The highest BCUT2D eigenvalue weighted by Crippen LogP contribution is 2.36. The van der Waals surface area contributed by atoms with Crippen molar-refractivity contribution in [3.63, 3.8) is 0 Å². The van der Waals surface area contributed by atoms with Gasteiger partial charge in [-0.3, -0.25) is 4.79 Å². The summed E-state index contributed by atoms with van der Waals surface area (Å²) < 4.78 is 0. The highest BCUT2D eigenvalue weighted by molar-refractivity contribution is 7.12. The second kappa shape index (κ2) is 5.04. The first kappa shape index (κ1) is 12.2. The van der Waals surface area contributed by atoms with Crippen LogP contribution in [0.25, 0.3) is 0 Å². The lowest BCUT2D eigenvalue weighted by Crippen LogP contribution is -2.49. The molecule has 3 heteroatoms. The quantitative estimate of drug-likeness (QED) is 0.753. The molecule has 0 aromatic carbocycles. The molecule has 0 N–H and O–H groups in total. The molecule has 98 valence electrons. The van der Waals surface area contributed by atoms with Crippen molar-refractivity contribution in [1.82, 2.24) is 4.90 Å². The summed E-state index contributed by atoms with van der Waals surface area (Å²) in [7, 11) is 0. The Balaban J connectivity index is 1.82. The maximum Gasteiger partial charge on any atom is 0.264 e. The zero-order valence-corrected chi connectivity index (χ0v) is 11.8. The minimum Gasteiger partial charge on any atom is -0.335 e. The van der Waals surface area contributed by atoms with Gasteiger partial charge in [-0.1, -0.05) is 12.8 Å². The third-order valence-electron chi connectivity index (χ3n) is 4.56. The average Bonchev–Trinajstić information content (AvgIpc) is 2.83. The number of carbonyl (C=O) groups excluding carboxylic acids is 1. The average molecular weight is 263 g/mol. The standard InChI is InChI=1S/C15H21NOS/c1-11-8-10-18-14(11)15(17)16-9-4-6-12-5-2-3-7-13(12)16/h8,10,12-13H,2-7,9H2,1H3. The van der Waals surface area contributed by atoms with Gasteiger partial charge < -0.3 is 4.90 Å². The molecule has 1 aliphatic carbocycles. The third-order valence-corrected chi connectivity index (χ3v) is 5.56. The number of hydrogen-bond donors (Lipinski definition) is 0. The van der Waals surface area contributed by atoms with E-state index in [2.05, 4.69) is 11.0 Å². The Morgan fingerprint density at radius 2 is 2.06 bits per heavy atom. The highest BCUT2D eigenvalue weighted by atomic mass is 32.1. The molecule has 18 heavy (non-hydrogen) atoms. The number of carbonyl (C=O) groups is 1. The van der Waals surface area contributed by atoms with E-state index in [0.29, 0.717) is 11.9 Å². The van der Waals surface area contributed by atoms with Gasteiger partial charge in [-0.2, -0.15) is 0 Å². The second-order valence-electron chi connectivity index (χ2n) is 5.69. The van der Waals surface area contributed by atoms with Crippen LogP contribution in [0.1, 0.15) is 53.8 Å². The largest absolute Gasteiger partial charge is 0.335 e. The van der Waals surface area contributed by atoms with Crippen LogP contribution in [0.3, 0.4) is 0 Å². The molecule has 1 saturated carbocycles. The highest BCUT2D eigenvalue weighted by Gasteiger charge is 2.36. The van der Waals surface area contributed by atoms with Crippen molar-refractivity contribution in [3.05, 3.63) is 21.9 Å². The van der Waals surface area contributed by atoms with Gasteiger partial charge in [-0.25, -0.2) is 0 Å². The molecular formula is C15H21NOS. The molecule has 1 saturated heterocycles. The van der Waals surface area contributed by atoms with E-state index >= 15 is 0 Å². The Morgan fingerprint density at radius 1 is 1.28 bits per heavy atom. The molecule has 1 amide bonds. The van der Waals surface area contributed by atoms with Gasteiger partial charge in [0.2, 0.25) is 0 Å². The maximum atomic E-state index is 12.7. The van der Waals surface area contributed by atoms with Gasteiger partial charge in [0, 0.05) is 12.6 Å². The van der Waals surface area contributed by atoms with E-state index in [4.69, 9.17) is 0 Å². The fourth-order valence-corrected chi connectivity index (χ4v) is 4.48. The molecular weight excluding hydrogens is 242 g/mol. The minimum atomic E-state index is 0.291. The summed E-state index contributed by atoms with van der Waals surface area (Å²) in [4.78, 5) is 15.8. The molecule has 1 aromatic heterocycles. The van der Waals surface area contributed by atoms with E-state index in [-0.39, 0.29) is 0 Å². The predicted molar refractivity (Wildman–Crippen MR) is 75.1 cm³/mol. The molecule has 0 radical (unpaired) electrons. The first-order valence-electron chi connectivity index (χ1n) is 7.12. The van der Waals surface area contributed by atoms with Gasteiger partial charge >= 0.3 is 0 Å². The van der Waals surface area contributed by atoms with Crippen LogP contribution >= 0.6 is 11.3 Å². The van der Waals surface area contributed by atoms with Crippen molar-refractivity contribution in [3.8, 4) is 0 Å². The number of thiophene rings is 1. The lowest BCUT2D eigenvalue weighted by Gasteiger charge is -2.44. The van der Waals surface area contributed by atoms with Crippen molar-refractivity contribution in [1.29, 1.82) is 0 Å². The monoisotopic (exact) mass is 263 g/mol. The van der Waals surface area contributed by atoms with Gasteiger partial charge in [0.25, 0.3) is 5.91 Å². The van der Waals surface area contributed by atoms with Crippen molar-refractivity contribution >= 4 is 17.2 Å². The molecule has 2 nitrogen and oxygen atoms in total. The van der Waals surface area contributed by atoms with Gasteiger partial charge in [-0.15, -0.1) is 11.3 Å². The van der Waals surface area contributed by atoms with Crippen molar-refractivity contribution < 1.29 is 4.79 Å². The smallest absolute Gasteiger partial charge is 0.264 e. The molecule has 2 aliphatic rings. The number of hydrogen-bond acceptors (Lipinski definition) is 2. The number of aryl methyl sites for hydroxylation is 1. The summed E-state index contributed by atoms with van der Waals surface area (Å²) >= 11 is 1.60. The third kappa shape index (κ3) is 2.09. The first-order valence-corrected chi connectivity index (χ1v) is 8.00. The van der Waals surface area contributed by atoms with E-state index in [1.165, 1.54) is 38.5 Å². The summed E-state index contributed by atoms with van der Waals surface area (Å²) in [6.45, 7) is 3.02. The molecule has 2 heterocycles. The fourth-order valence-electron chi connectivity index (χ4n) is 3.60. The molecule has 0 bridgehead atoms. The van der Waals surface area contributed by atoms with Gasteiger partial charge in [-0.05, 0) is 55.5 Å². The molecule has 1 aromatic rings. The van der Waals surface area contributed by atoms with Crippen molar-refractivity contribution in [2.45, 2.75) is 51.5 Å². The number of fused-ring (bicyclic) bond motifs is 1. The van der Waals surface area contributed by atoms with Crippen LogP contribution in [0.4, 0.5) is 0 Å². The molecule has 1 aliphatic heterocycles. The van der Waals surface area contributed by atoms with Crippen LogP contribution in [0, 0.1) is 12.8 Å². The maximum absolute atomic E-state index is 12.7. The fraction of sp³-hybridized carbons (Fsp3) is 0.667. The lowest BCUT2D eigenvalue weighted by molar-refractivity contribution is 0.0394. The Kier molecular flexibility index (Phi) is 3.42. The zero-order valence-electron chi connectivity index (χ0n) is 11.0. The van der Waals surface area contributed by atoms with E-state index < -0.39 is 0 Å². The second-order valence-corrected chi connectivity index (χ2v) is 6.60. The number of rotatable bonds is 1. The van der Waals surface area contributed by atoms with Crippen molar-refractivity contribution in [2.24, 2.45) is 5.92 Å². The number of amides is 1. The zero-order chi connectivity index (χ0) is 12.5. The number of likely N-dealkylation sites (tertiary alicyclic amines) is 1. The van der Waals surface area contributed by atoms with E-state index in [1.54, 1.807) is 11.3 Å². The SMILES string of the molecule is Cc1ccsc1C(=O)N1CCCC2CCCCC21.